The fourth-order valence-corrected chi connectivity index (χ4v) is 7.40. The van der Waals surface area contributed by atoms with Crippen LogP contribution >= 0.6 is 11.6 Å². The first kappa shape index (κ1) is 34.5. The molecule has 2 aliphatic rings. The van der Waals surface area contributed by atoms with Crippen molar-refractivity contribution in [1.29, 1.82) is 0 Å². The molecule has 0 unspecified atom stereocenters. The van der Waals surface area contributed by atoms with Crippen molar-refractivity contribution in [3.8, 4) is 17.0 Å². The Kier molecular flexibility index (Phi) is 9.95. The number of carbonyl (C=O) groups is 2. The Morgan fingerprint density at radius 3 is 2.45 bits per heavy atom. The van der Waals surface area contributed by atoms with Crippen molar-refractivity contribution < 1.29 is 23.8 Å². The minimum Gasteiger partial charge on any atom is -0.508 e. The highest BCUT2D eigenvalue weighted by Gasteiger charge is 2.34. The fourth-order valence-electron chi connectivity index (χ4n) is 7.23. The molecule has 0 bridgehead atoms. The average molecular weight is 711 g/mol. The Hall–Kier alpha value is -4.97. The van der Waals surface area contributed by atoms with E-state index in [4.69, 9.17) is 16.3 Å². The molecule has 1 fully saturated rings. The van der Waals surface area contributed by atoms with Gasteiger partial charge in [0, 0.05) is 78.7 Å². The van der Waals surface area contributed by atoms with Crippen LogP contribution in [-0.2, 0) is 31.3 Å². The lowest BCUT2D eigenvalue weighted by Crippen LogP contribution is -2.52. The number of hydrogen-bond acceptors (Lipinski definition) is 6. The zero-order chi connectivity index (χ0) is 35.6. The molecule has 12 heteroatoms. The molecular weight excluding hydrogens is 671 g/mol. The van der Waals surface area contributed by atoms with Gasteiger partial charge in [-0.1, -0.05) is 35.9 Å². The van der Waals surface area contributed by atoms with E-state index < -0.39 is 6.67 Å². The summed E-state index contributed by atoms with van der Waals surface area (Å²) in [5.74, 6) is -0.473. The van der Waals surface area contributed by atoms with E-state index in [-0.39, 0.29) is 30.2 Å². The number of anilines is 2. The molecule has 0 spiro atoms. The van der Waals surface area contributed by atoms with Gasteiger partial charge in [-0.3, -0.25) is 24.1 Å². The van der Waals surface area contributed by atoms with Crippen LogP contribution in [0.15, 0.2) is 85.2 Å². The van der Waals surface area contributed by atoms with Gasteiger partial charge in [0.25, 0.3) is 11.8 Å². The molecule has 264 valence electrons. The number of phenols is 1. The minimum absolute atomic E-state index is 0.0303. The number of rotatable bonds is 9. The number of aromatic hydroxyl groups is 1. The van der Waals surface area contributed by atoms with Gasteiger partial charge in [0.2, 0.25) is 0 Å². The van der Waals surface area contributed by atoms with Crippen LogP contribution in [0.4, 0.5) is 15.8 Å². The summed E-state index contributed by atoms with van der Waals surface area (Å²) >= 11 is 6.61. The van der Waals surface area contributed by atoms with Crippen LogP contribution in [0.3, 0.4) is 0 Å². The van der Waals surface area contributed by atoms with Crippen molar-refractivity contribution in [3.63, 3.8) is 0 Å². The number of benzene rings is 3. The predicted molar refractivity (Wildman–Crippen MR) is 194 cm³/mol. The Labute approximate surface area is 301 Å². The third-order valence-corrected chi connectivity index (χ3v) is 10.1. The largest absolute Gasteiger partial charge is 0.508 e. The molecule has 2 amide bonds. The van der Waals surface area contributed by atoms with Crippen LogP contribution in [0.5, 0.6) is 5.75 Å². The summed E-state index contributed by atoms with van der Waals surface area (Å²) in [5, 5.41) is 14.6. The van der Waals surface area contributed by atoms with Gasteiger partial charge >= 0.3 is 0 Å². The summed E-state index contributed by atoms with van der Waals surface area (Å²) in [4.78, 5) is 35.2. The van der Waals surface area contributed by atoms with E-state index in [2.05, 4.69) is 22.1 Å². The van der Waals surface area contributed by atoms with Crippen molar-refractivity contribution in [2.24, 2.45) is 7.05 Å². The van der Waals surface area contributed by atoms with Crippen molar-refractivity contribution >= 4 is 34.8 Å². The van der Waals surface area contributed by atoms with Gasteiger partial charge < -0.3 is 19.3 Å². The van der Waals surface area contributed by atoms with Crippen molar-refractivity contribution in [3.05, 3.63) is 118 Å². The Balaban J connectivity index is 1.30. The molecule has 2 aliphatic heterocycles. The van der Waals surface area contributed by atoms with Crippen molar-refractivity contribution in [2.45, 2.75) is 32.5 Å². The summed E-state index contributed by atoms with van der Waals surface area (Å²) < 4.78 is 23.2. The molecule has 10 nitrogen and oxygen atoms in total. The molecule has 1 N–H and O–H groups in total. The second kappa shape index (κ2) is 14.7. The Bertz CT molecular complexity index is 2050. The molecule has 5 aromatic rings. The van der Waals surface area contributed by atoms with E-state index in [1.807, 2.05) is 17.0 Å². The first-order valence-corrected chi connectivity index (χ1v) is 17.5. The number of amides is 2. The molecule has 0 aliphatic carbocycles. The highest BCUT2D eigenvalue weighted by Crippen LogP contribution is 2.36. The fraction of sp³-hybridized carbons (Fsp3) is 0.308. The van der Waals surface area contributed by atoms with Gasteiger partial charge in [-0.15, -0.1) is 0 Å². The predicted octanol–water partition coefficient (Wildman–Crippen LogP) is 6.40. The van der Waals surface area contributed by atoms with Gasteiger partial charge in [-0.05, 0) is 73.0 Å². The molecule has 0 saturated carbocycles. The number of aryl methyl sites for hydroxylation is 1. The van der Waals surface area contributed by atoms with Crippen LogP contribution in [0.2, 0.25) is 5.02 Å². The van der Waals surface area contributed by atoms with Crippen LogP contribution in [0.1, 0.15) is 37.5 Å². The van der Waals surface area contributed by atoms with E-state index in [1.165, 1.54) is 22.6 Å². The standard InChI is InChI=1S/C39H40ClFN6O4/c1-26-35(39(50)47(32-22-42-43(2)24-32)30-8-10-33(48)11-9-30)21-37(45(26)14-13-41)36-20-29(40)7-12-34(36)38(49)46-23-28-6-4-3-5-27(28)19-31(46)25-44-15-17-51-18-16-44/h3-12,20-22,24,31,48H,13-19,23,25H2,1-2H3/t31-/m0/s1. The number of ether oxygens (including phenoxy) is 1. The zero-order valence-electron chi connectivity index (χ0n) is 28.6. The molecular formula is C39H40ClFN6O4. The maximum absolute atomic E-state index is 14.8. The summed E-state index contributed by atoms with van der Waals surface area (Å²) in [7, 11) is 1.76. The lowest BCUT2D eigenvalue weighted by atomic mass is 9.92. The molecule has 1 atom stereocenters. The van der Waals surface area contributed by atoms with Gasteiger partial charge in [0.15, 0.2) is 0 Å². The van der Waals surface area contributed by atoms with Gasteiger partial charge in [0.05, 0.1) is 37.2 Å². The average Bonchev–Trinajstić information content (AvgIpc) is 3.71. The number of halogens is 2. The Morgan fingerprint density at radius 2 is 1.75 bits per heavy atom. The molecule has 1 saturated heterocycles. The maximum atomic E-state index is 14.8. The van der Waals surface area contributed by atoms with E-state index in [9.17, 15) is 19.1 Å². The van der Waals surface area contributed by atoms with Crippen LogP contribution < -0.4 is 4.90 Å². The van der Waals surface area contributed by atoms with Gasteiger partial charge in [-0.25, -0.2) is 4.39 Å². The molecule has 4 heterocycles. The zero-order valence-corrected chi connectivity index (χ0v) is 29.4. The smallest absolute Gasteiger partial charge is 0.264 e. The number of nitrogens with zero attached hydrogens (tertiary/aromatic N) is 6. The first-order chi connectivity index (χ1) is 24.7. The molecule has 3 aromatic carbocycles. The van der Waals surface area contributed by atoms with E-state index in [0.717, 1.165) is 25.1 Å². The van der Waals surface area contributed by atoms with Crippen molar-refractivity contribution in [1.82, 2.24) is 24.1 Å². The summed E-state index contributed by atoms with van der Waals surface area (Å²) in [6.45, 7) is 5.16. The molecule has 2 aromatic heterocycles. The number of fused-ring (bicyclic) bond motifs is 1. The molecule has 7 rings (SSSR count). The summed E-state index contributed by atoms with van der Waals surface area (Å²) in [6.07, 6.45) is 4.02. The maximum Gasteiger partial charge on any atom is 0.264 e. The van der Waals surface area contributed by atoms with Gasteiger partial charge in [0.1, 0.15) is 12.4 Å². The lowest BCUT2D eigenvalue weighted by molar-refractivity contribution is 0.0193. The Morgan fingerprint density at radius 1 is 1.00 bits per heavy atom. The normalized spacial score (nSPS) is 16.2. The highest BCUT2D eigenvalue weighted by atomic mass is 35.5. The van der Waals surface area contributed by atoms with E-state index in [0.29, 0.717) is 70.8 Å². The third kappa shape index (κ3) is 7.01. The third-order valence-electron chi connectivity index (χ3n) is 9.84. The summed E-state index contributed by atoms with van der Waals surface area (Å²) in [5.41, 5.74) is 5.69. The van der Waals surface area contributed by atoms with Crippen molar-refractivity contribution in [2.75, 3.05) is 44.4 Å². The van der Waals surface area contributed by atoms with E-state index >= 15 is 0 Å². The number of alkyl halides is 1. The number of carbonyl (C=O) groups excluding carboxylic acids is 2. The number of hydrogen-bond donors (Lipinski definition) is 1. The lowest BCUT2D eigenvalue weighted by Gasteiger charge is -2.40. The monoisotopic (exact) mass is 710 g/mol. The topological polar surface area (TPSA) is 96.1 Å². The SMILES string of the molecule is Cc1c(C(=O)N(c2ccc(O)cc2)c2cnn(C)c2)cc(-c2cc(Cl)ccc2C(=O)N2Cc3ccccc3C[C@H]2CN2CCOCC2)n1CCF. The van der Waals surface area contributed by atoms with Crippen LogP contribution in [-0.4, -0.2) is 86.6 Å². The molecule has 51 heavy (non-hydrogen) atoms. The first-order valence-electron chi connectivity index (χ1n) is 17.1. The highest BCUT2D eigenvalue weighted by molar-refractivity contribution is 6.31. The minimum atomic E-state index is -0.686. The van der Waals surface area contributed by atoms with Gasteiger partial charge in [-0.2, -0.15) is 5.10 Å². The number of morpholine rings is 1. The quantitative estimate of drug-likeness (QED) is 0.190. The second-order valence-corrected chi connectivity index (χ2v) is 13.5. The number of aromatic nitrogens is 3. The summed E-state index contributed by atoms with van der Waals surface area (Å²) in [6, 6.07) is 21.3. The van der Waals surface area contributed by atoms with Crippen LogP contribution in [0.25, 0.3) is 11.3 Å². The second-order valence-electron chi connectivity index (χ2n) is 13.1. The van der Waals surface area contributed by atoms with Crippen LogP contribution in [0, 0.1) is 6.92 Å². The molecule has 0 radical (unpaired) electrons. The van der Waals surface area contributed by atoms with E-state index in [1.54, 1.807) is 72.0 Å². The number of phenolic OH excluding ortho intramolecular Hbond substituents is 1.